The van der Waals surface area contributed by atoms with Crippen molar-refractivity contribution in [1.82, 2.24) is 0 Å². The van der Waals surface area contributed by atoms with E-state index in [1.54, 1.807) is 55.5 Å². The van der Waals surface area contributed by atoms with Gasteiger partial charge in [0, 0.05) is 5.69 Å². The maximum Gasteiger partial charge on any atom is 0.414 e. The molecule has 0 aliphatic carbocycles. The van der Waals surface area contributed by atoms with E-state index in [1.165, 1.54) is 4.90 Å². The fourth-order valence-corrected chi connectivity index (χ4v) is 2.63. The van der Waals surface area contributed by atoms with Gasteiger partial charge in [0.05, 0.1) is 30.3 Å². The van der Waals surface area contributed by atoms with Gasteiger partial charge >= 0.3 is 12.1 Å². The first-order chi connectivity index (χ1) is 13.1. The second kappa shape index (κ2) is 8.23. The highest BCUT2D eigenvalue weighted by Gasteiger charge is 2.32. The Labute approximate surface area is 156 Å². The lowest BCUT2D eigenvalue weighted by Gasteiger charge is -2.13. The van der Waals surface area contributed by atoms with Gasteiger partial charge in [-0.2, -0.15) is 5.26 Å². The molecule has 1 aliphatic rings. The molecular formula is C20H18N2O5. The van der Waals surface area contributed by atoms with Crippen molar-refractivity contribution in [2.24, 2.45) is 0 Å². The first-order valence-electron chi connectivity index (χ1n) is 8.49. The standard InChI is InChI=1S/C20H18N2O5/c1-2-25-19(23)15-5-9-17(10-6-15)26-13-18-12-22(20(24)27-18)16-7-3-14(11-21)4-8-16/h3-10,18H,2,12-13H2,1H3. The Hall–Kier alpha value is -3.53. The van der Waals surface area contributed by atoms with Gasteiger partial charge in [-0.1, -0.05) is 0 Å². The summed E-state index contributed by atoms with van der Waals surface area (Å²) in [5.74, 6) is 0.183. The normalized spacial score (nSPS) is 15.8. The van der Waals surface area contributed by atoms with Crippen LogP contribution in [0.25, 0.3) is 0 Å². The minimum atomic E-state index is -0.453. The SMILES string of the molecule is CCOC(=O)c1ccc(OCC2CN(c3ccc(C#N)cc3)C(=O)O2)cc1. The number of nitrogens with zero attached hydrogens (tertiary/aromatic N) is 2. The van der Waals surface area contributed by atoms with Gasteiger partial charge in [-0.3, -0.25) is 4.90 Å². The lowest BCUT2D eigenvalue weighted by atomic mass is 10.2. The summed E-state index contributed by atoms with van der Waals surface area (Å²) in [6.07, 6.45) is -0.871. The molecular weight excluding hydrogens is 348 g/mol. The summed E-state index contributed by atoms with van der Waals surface area (Å²) in [4.78, 5) is 25.2. The van der Waals surface area contributed by atoms with E-state index in [1.807, 2.05) is 6.07 Å². The molecule has 0 bridgehead atoms. The Morgan fingerprint density at radius 1 is 1.22 bits per heavy atom. The highest BCUT2D eigenvalue weighted by atomic mass is 16.6. The van der Waals surface area contributed by atoms with Gasteiger partial charge in [0.2, 0.25) is 0 Å². The van der Waals surface area contributed by atoms with Crippen molar-refractivity contribution in [3.8, 4) is 11.8 Å². The van der Waals surface area contributed by atoms with Crippen LogP contribution in [-0.4, -0.2) is 37.9 Å². The van der Waals surface area contributed by atoms with E-state index in [2.05, 4.69) is 0 Å². The average Bonchev–Trinajstić information content (AvgIpc) is 3.07. The largest absolute Gasteiger partial charge is 0.490 e. The predicted octanol–water partition coefficient (Wildman–Crippen LogP) is 3.14. The maximum absolute atomic E-state index is 12.1. The molecule has 0 N–H and O–H groups in total. The van der Waals surface area contributed by atoms with Crippen LogP contribution in [-0.2, 0) is 9.47 Å². The maximum atomic E-state index is 12.1. The van der Waals surface area contributed by atoms with E-state index in [4.69, 9.17) is 19.5 Å². The number of hydrogen-bond donors (Lipinski definition) is 0. The summed E-state index contributed by atoms with van der Waals surface area (Å²) in [7, 11) is 0. The van der Waals surface area contributed by atoms with Gasteiger partial charge in [-0.15, -0.1) is 0 Å². The smallest absolute Gasteiger partial charge is 0.414 e. The monoisotopic (exact) mass is 366 g/mol. The van der Waals surface area contributed by atoms with Gasteiger partial charge in [0.1, 0.15) is 12.4 Å². The van der Waals surface area contributed by atoms with E-state index in [0.717, 1.165) is 0 Å². The molecule has 138 valence electrons. The molecule has 3 rings (SSSR count). The average molecular weight is 366 g/mol. The highest BCUT2D eigenvalue weighted by Crippen LogP contribution is 2.23. The van der Waals surface area contributed by atoms with Crippen LogP contribution in [0.3, 0.4) is 0 Å². The minimum Gasteiger partial charge on any atom is -0.490 e. The quantitative estimate of drug-likeness (QED) is 0.730. The van der Waals surface area contributed by atoms with Crippen molar-refractivity contribution in [2.75, 3.05) is 24.7 Å². The van der Waals surface area contributed by atoms with Crippen LogP contribution in [0, 0.1) is 11.3 Å². The van der Waals surface area contributed by atoms with Crippen molar-refractivity contribution < 1.29 is 23.8 Å². The number of amides is 1. The molecule has 7 nitrogen and oxygen atoms in total. The Bertz CT molecular complexity index is 855. The molecule has 27 heavy (non-hydrogen) atoms. The zero-order valence-corrected chi connectivity index (χ0v) is 14.8. The van der Waals surface area contributed by atoms with Gasteiger partial charge in [-0.25, -0.2) is 9.59 Å². The number of cyclic esters (lactones) is 1. The van der Waals surface area contributed by atoms with Crippen LogP contribution < -0.4 is 9.64 Å². The summed E-state index contributed by atoms with van der Waals surface area (Å²) >= 11 is 0. The molecule has 0 radical (unpaired) electrons. The lowest BCUT2D eigenvalue weighted by molar-refractivity contribution is 0.0526. The van der Waals surface area contributed by atoms with E-state index in [9.17, 15) is 9.59 Å². The molecule has 1 aliphatic heterocycles. The number of ether oxygens (including phenoxy) is 3. The number of nitriles is 1. The van der Waals surface area contributed by atoms with Gasteiger partial charge in [0.15, 0.2) is 6.10 Å². The molecule has 1 atom stereocenters. The van der Waals surface area contributed by atoms with E-state index >= 15 is 0 Å². The van der Waals surface area contributed by atoms with Gasteiger partial charge in [-0.05, 0) is 55.5 Å². The third-order valence-electron chi connectivity index (χ3n) is 3.98. The predicted molar refractivity (Wildman–Crippen MR) is 96.7 cm³/mol. The van der Waals surface area contributed by atoms with Crippen molar-refractivity contribution >= 4 is 17.7 Å². The first-order valence-corrected chi connectivity index (χ1v) is 8.49. The van der Waals surface area contributed by atoms with Gasteiger partial charge < -0.3 is 14.2 Å². The third kappa shape index (κ3) is 4.36. The first kappa shape index (κ1) is 18.3. The summed E-state index contributed by atoms with van der Waals surface area (Å²) in [5, 5.41) is 8.84. The number of esters is 1. The summed E-state index contributed by atoms with van der Waals surface area (Å²) in [5.41, 5.74) is 1.64. The van der Waals surface area contributed by atoms with Crippen LogP contribution >= 0.6 is 0 Å². The van der Waals surface area contributed by atoms with Gasteiger partial charge in [0.25, 0.3) is 0 Å². The van der Waals surface area contributed by atoms with E-state index in [-0.39, 0.29) is 12.6 Å². The Balaban J connectivity index is 1.55. The van der Waals surface area contributed by atoms with Crippen molar-refractivity contribution in [2.45, 2.75) is 13.0 Å². The topological polar surface area (TPSA) is 88.9 Å². The van der Waals surface area contributed by atoms with Crippen molar-refractivity contribution in [1.29, 1.82) is 5.26 Å². The molecule has 1 saturated heterocycles. The molecule has 7 heteroatoms. The summed E-state index contributed by atoms with van der Waals surface area (Å²) < 4.78 is 15.9. The second-order valence-electron chi connectivity index (χ2n) is 5.83. The number of benzene rings is 2. The minimum absolute atomic E-state index is 0.192. The molecule has 0 spiro atoms. The van der Waals surface area contributed by atoms with E-state index < -0.39 is 12.2 Å². The molecule has 2 aromatic carbocycles. The zero-order chi connectivity index (χ0) is 19.2. The summed E-state index contributed by atoms with van der Waals surface area (Å²) in [6.45, 7) is 2.61. The molecule has 0 aromatic heterocycles. The fraction of sp³-hybridized carbons (Fsp3) is 0.250. The van der Waals surface area contributed by atoms with Crippen molar-refractivity contribution in [3.05, 3.63) is 59.7 Å². The number of carbonyl (C=O) groups is 2. The van der Waals surface area contributed by atoms with Crippen LogP contribution in [0.4, 0.5) is 10.5 Å². The molecule has 2 aromatic rings. The Morgan fingerprint density at radius 3 is 2.56 bits per heavy atom. The van der Waals surface area contributed by atoms with E-state index in [0.29, 0.717) is 35.7 Å². The summed E-state index contributed by atoms with van der Waals surface area (Å²) in [6, 6.07) is 15.3. The zero-order valence-electron chi connectivity index (χ0n) is 14.8. The molecule has 1 fully saturated rings. The van der Waals surface area contributed by atoms with Crippen LogP contribution in [0.15, 0.2) is 48.5 Å². The van der Waals surface area contributed by atoms with Crippen LogP contribution in [0.1, 0.15) is 22.8 Å². The molecule has 1 unspecified atom stereocenters. The molecule has 0 saturated carbocycles. The number of carbonyl (C=O) groups excluding carboxylic acids is 2. The Kier molecular flexibility index (Phi) is 5.57. The molecule has 1 amide bonds. The lowest BCUT2D eigenvalue weighted by Crippen LogP contribution is -2.26. The highest BCUT2D eigenvalue weighted by molar-refractivity contribution is 5.90. The number of hydrogen-bond acceptors (Lipinski definition) is 6. The van der Waals surface area contributed by atoms with Crippen LogP contribution in [0.5, 0.6) is 5.75 Å². The molecule has 1 heterocycles. The number of anilines is 1. The number of rotatable bonds is 6. The fourth-order valence-electron chi connectivity index (χ4n) is 2.63. The second-order valence-corrected chi connectivity index (χ2v) is 5.83. The third-order valence-corrected chi connectivity index (χ3v) is 3.98. The Morgan fingerprint density at radius 2 is 1.93 bits per heavy atom. The van der Waals surface area contributed by atoms with Crippen molar-refractivity contribution in [3.63, 3.8) is 0 Å². The van der Waals surface area contributed by atoms with Crippen LogP contribution in [0.2, 0.25) is 0 Å².